The molecule has 10 heteroatoms. The van der Waals surface area contributed by atoms with Gasteiger partial charge in [-0.15, -0.1) is 0 Å². The number of β-lactam (4-membered cyclic amide) rings is 1. The van der Waals surface area contributed by atoms with E-state index in [9.17, 15) is 27.9 Å². The zero-order valence-corrected chi connectivity index (χ0v) is 12.9. The molecule has 0 aromatic carbocycles. The Morgan fingerprint density at radius 3 is 2.55 bits per heavy atom. The van der Waals surface area contributed by atoms with Gasteiger partial charge < -0.3 is 21.1 Å². The molecule has 22 heavy (non-hydrogen) atoms. The van der Waals surface area contributed by atoms with Crippen LogP contribution in [0.1, 0.15) is 13.8 Å². The molecule has 2 fully saturated rings. The molecule has 122 valence electrons. The van der Waals surface area contributed by atoms with E-state index in [1.165, 1.54) is 13.8 Å². The van der Waals surface area contributed by atoms with Crippen LogP contribution in [0.4, 0.5) is 0 Å². The van der Waals surface area contributed by atoms with Gasteiger partial charge in [0.05, 0.1) is 5.57 Å². The van der Waals surface area contributed by atoms with Gasteiger partial charge in [-0.05, 0) is 13.8 Å². The van der Waals surface area contributed by atoms with Crippen LogP contribution in [0.2, 0.25) is 0 Å². The van der Waals surface area contributed by atoms with Crippen molar-refractivity contribution in [2.75, 3.05) is 13.1 Å². The number of carbonyl (C=O) groups is 3. The molecule has 2 atom stereocenters. The fraction of sp³-hybridized carbons (Fsp3) is 0.583. The molecular formula is C12H17N3O6S. The Balaban J connectivity index is 2.40. The van der Waals surface area contributed by atoms with Crippen molar-refractivity contribution < 1.29 is 27.9 Å². The molecule has 0 bridgehead atoms. The van der Waals surface area contributed by atoms with Gasteiger partial charge in [-0.1, -0.05) is 0 Å². The summed E-state index contributed by atoms with van der Waals surface area (Å²) in [6.07, 6.45) is 0.900. The lowest BCUT2D eigenvalue weighted by Gasteiger charge is -2.37. The van der Waals surface area contributed by atoms with E-state index in [1.807, 2.05) is 0 Å². The minimum absolute atomic E-state index is 0.182. The summed E-state index contributed by atoms with van der Waals surface area (Å²) in [6.45, 7) is 2.91. The second kappa shape index (κ2) is 5.06. The Morgan fingerprint density at radius 2 is 2.05 bits per heavy atom. The van der Waals surface area contributed by atoms with Gasteiger partial charge in [0.2, 0.25) is 5.91 Å². The van der Waals surface area contributed by atoms with E-state index in [4.69, 9.17) is 5.73 Å². The molecule has 0 aliphatic carbocycles. The van der Waals surface area contributed by atoms with Gasteiger partial charge in [0.1, 0.15) is 4.75 Å². The number of hydrogen-bond donors (Lipinski definition) is 3. The number of aliphatic carboxylic acids is 1. The number of nitrogens with one attached hydrogen (secondary N) is 1. The van der Waals surface area contributed by atoms with Gasteiger partial charge in [0, 0.05) is 19.2 Å². The Morgan fingerprint density at radius 1 is 1.45 bits per heavy atom. The average Bonchev–Trinajstić information content (AvgIpc) is 2.55. The van der Waals surface area contributed by atoms with Crippen molar-refractivity contribution in [3.8, 4) is 0 Å². The number of fused-ring (bicyclic) bond motifs is 1. The van der Waals surface area contributed by atoms with Crippen molar-refractivity contribution in [1.29, 1.82) is 0 Å². The summed E-state index contributed by atoms with van der Waals surface area (Å²) in [5.41, 5.74) is 5.01. The van der Waals surface area contributed by atoms with Crippen LogP contribution in [-0.4, -0.2) is 65.5 Å². The van der Waals surface area contributed by atoms with E-state index >= 15 is 0 Å². The first-order valence-electron chi connectivity index (χ1n) is 6.55. The van der Waals surface area contributed by atoms with Gasteiger partial charge in [-0.25, -0.2) is 13.2 Å². The van der Waals surface area contributed by atoms with Crippen LogP contribution in [0, 0.1) is 0 Å². The molecule has 0 saturated carbocycles. The van der Waals surface area contributed by atoms with Crippen LogP contribution in [0.25, 0.3) is 0 Å². The monoisotopic (exact) mass is 331 g/mol. The fourth-order valence-corrected chi connectivity index (χ4v) is 4.85. The van der Waals surface area contributed by atoms with Crippen molar-refractivity contribution in [1.82, 2.24) is 10.2 Å². The predicted octanol–water partition coefficient (Wildman–Crippen LogP) is -2.18. The number of nitrogens with zero attached hydrogens (tertiary/aromatic N) is 1. The lowest BCUT2D eigenvalue weighted by Crippen LogP contribution is -2.59. The van der Waals surface area contributed by atoms with Gasteiger partial charge in [0.25, 0.3) is 5.91 Å². The predicted molar refractivity (Wildman–Crippen MR) is 75.2 cm³/mol. The van der Waals surface area contributed by atoms with E-state index in [0.29, 0.717) is 0 Å². The van der Waals surface area contributed by atoms with Gasteiger partial charge >= 0.3 is 5.97 Å². The van der Waals surface area contributed by atoms with Gasteiger partial charge in [0.15, 0.2) is 21.3 Å². The van der Waals surface area contributed by atoms with Crippen LogP contribution in [0.15, 0.2) is 11.6 Å². The lowest BCUT2D eigenvalue weighted by molar-refractivity contribution is -0.152. The molecule has 2 aliphatic rings. The number of amides is 2. The SMILES string of the molecule is CC1(C)C(C(=O)O)N2C(=O)/C(=C/C(=O)NCCN)C2S1(=O)=O. The second-order valence-corrected chi connectivity index (χ2v) is 8.22. The third-order valence-corrected chi connectivity index (χ3v) is 6.69. The van der Waals surface area contributed by atoms with Gasteiger partial charge in [-0.3, -0.25) is 9.59 Å². The molecule has 2 rings (SSSR count). The van der Waals surface area contributed by atoms with Crippen LogP contribution in [0.3, 0.4) is 0 Å². The highest BCUT2D eigenvalue weighted by molar-refractivity contribution is 7.94. The third-order valence-electron chi connectivity index (χ3n) is 3.93. The van der Waals surface area contributed by atoms with E-state index < -0.39 is 43.8 Å². The third kappa shape index (κ3) is 2.02. The quantitative estimate of drug-likeness (QED) is 0.392. The molecule has 0 aromatic heterocycles. The normalized spacial score (nSPS) is 29.9. The molecule has 0 aromatic rings. The summed E-state index contributed by atoms with van der Waals surface area (Å²) in [6, 6.07) is -1.47. The topological polar surface area (TPSA) is 147 Å². The minimum atomic E-state index is -3.96. The van der Waals surface area contributed by atoms with E-state index in [1.54, 1.807) is 0 Å². The Hall–Kier alpha value is -1.94. The molecular weight excluding hydrogens is 314 g/mol. The maximum atomic E-state index is 12.5. The molecule has 2 heterocycles. The van der Waals surface area contributed by atoms with Gasteiger partial charge in [-0.2, -0.15) is 0 Å². The van der Waals surface area contributed by atoms with E-state index in [-0.39, 0.29) is 18.7 Å². The van der Waals surface area contributed by atoms with Crippen molar-refractivity contribution in [2.24, 2.45) is 5.73 Å². The number of sulfone groups is 1. The van der Waals surface area contributed by atoms with E-state index in [2.05, 4.69) is 5.32 Å². The number of rotatable bonds is 4. The van der Waals surface area contributed by atoms with E-state index in [0.717, 1.165) is 11.0 Å². The standard InChI is InChI=1S/C12H17N3O6S/c1-12(2)8(11(18)19)15-9(17)6(10(15)22(12,20)21)5-7(16)14-4-3-13/h5,8,10H,3-4,13H2,1-2H3,(H,14,16)(H,18,19)/b6-5-. The minimum Gasteiger partial charge on any atom is -0.480 e. The molecule has 0 spiro atoms. The number of nitrogens with two attached hydrogens (primary N) is 1. The molecule has 9 nitrogen and oxygen atoms in total. The summed E-state index contributed by atoms with van der Waals surface area (Å²) in [5.74, 6) is -2.79. The fourth-order valence-electron chi connectivity index (χ4n) is 2.73. The summed E-state index contributed by atoms with van der Waals surface area (Å²) in [5, 5.41) is 10.2. The van der Waals surface area contributed by atoms with Crippen LogP contribution < -0.4 is 11.1 Å². The van der Waals surface area contributed by atoms with Crippen LogP contribution in [0.5, 0.6) is 0 Å². The highest BCUT2D eigenvalue weighted by atomic mass is 32.2. The number of carboxylic acids is 1. The van der Waals surface area contributed by atoms with Crippen molar-refractivity contribution in [3.63, 3.8) is 0 Å². The summed E-state index contributed by atoms with van der Waals surface area (Å²) < 4.78 is 23.3. The first-order valence-corrected chi connectivity index (χ1v) is 8.10. The van der Waals surface area contributed by atoms with Crippen LogP contribution in [-0.2, 0) is 24.2 Å². The molecule has 2 unspecified atom stereocenters. The highest BCUT2D eigenvalue weighted by Crippen LogP contribution is 2.48. The molecule has 2 saturated heterocycles. The largest absolute Gasteiger partial charge is 0.480 e. The molecule has 4 N–H and O–H groups in total. The summed E-state index contributed by atoms with van der Waals surface area (Å²) in [4.78, 5) is 35.8. The molecule has 0 radical (unpaired) electrons. The Labute approximate surface area is 127 Å². The average molecular weight is 331 g/mol. The molecule has 2 amide bonds. The first-order chi connectivity index (χ1) is 10.1. The number of hydrogen-bond acceptors (Lipinski definition) is 6. The highest BCUT2D eigenvalue weighted by Gasteiger charge is 2.70. The van der Waals surface area contributed by atoms with Crippen molar-refractivity contribution in [3.05, 3.63) is 11.6 Å². The first kappa shape index (κ1) is 16.4. The maximum Gasteiger partial charge on any atom is 0.328 e. The van der Waals surface area contributed by atoms with Crippen molar-refractivity contribution in [2.45, 2.75) is 30.0 Å². The zero-order chi connectivity index (χ0) is 16.9. The number of carboxylic acid groups (broad SMARTS) is 1. The lowest BCUT2D eigenvalue weighted by atomic mass is 9.95. The number of carbonyl (C=O) groups excluding carboxylic acids is 2. The smallest absolute Gasteiger partial charge is 0.328 e. The van der Waals surface area contributed by atoms with Crippen LogP contribution >= 0.6 is 0 Å². The summed E-state index contributed by atoms with van der Waals surface area (Å²) >= 11 is 0. The Bertz CT molecular complexity index is 681. The van der Waals surface area contributed by atoms with Crippen molar-refractivity contribution >= 4 is 27.6 Å². The second-order valence-electron chi connectivity index (χ2n) is 5.63. The maximum absolute atomic E-state index is 12.5. The Kier molecular flexibility index (Phi) is 3.78. The molecule has 2 aliphatic heterocycles. The summed E-state index contributed by atoms with van der Waals surface area (Å²) in [7, 11) is -3.96. The zero-order valence-electron chi connectivity index (χ0n) is 12.1.